The fourth-order valence-corrected chi connectivity index (χ4v) is 11.7. The second kappa shape index (κ2) is 21.2. The summed E-state index contributed by atoms with van der Waals surface area (Å²) in [6, 6.07) is 100. The third kappa shape index (κ3) is 9.34. The molecule has 0 fully saturated rings. The van der Waals surface area contributed by atoms with E-state index in [-0.39, 0.29) is 0 Å². The summed E-state index contributed by atoms with van der Waals surface area (Å²) in [7, 11) is 0. The van der Waals surface area contributed by atoms with E-state index in [0.717, 1.165) is 133 Å². The van der Waals surface area contributed by atoms with Crippen molar-refractivity contribution in [1.82, 2.24) is 29.9 Å². The molecule has 4 aromatic heterocycles. The Kier molecular flexibility index (Phi) is 12.3. The van der Waals surface area contributed by atoms with E-state index in [9.17, 15) is 0 Å². The van der Waals surface area contributed by atoms with Crippen molar-refractivity contribution < 1.29 is 8.83 Å². The molecule has 16 aromatic rings. The summed E-state index contributed by atoms with van der Waals surface area (Å²) in [5.74, 6) is 3.51. The second-order valence-electron chi connectivity index (χ2n) is 21.4. The lowest BCUT2D eigenvalue weighted by Crippen LogP contribution is -2.00. The first-order valence-corrected chi connectivity index (χ1v) is 28.6. The number of rotatable bonds is 11. The molecule has 0 aliphatic heterocycles. The minimum atomic E-state index is 0.566. The summed E-state index contributed by atoms with van der Waals surface area (Å²) in [6.07, 6.45) is 0. The molecule has 0 N–H and O–H groups in total. The van der Waals surface area contributed by atoms with Crippen LogP contribution in [-0.4, -0.2) is 29.9 Å². The lowest BCUT2D eigenvalue weighted by atomic mass is 9.97. The SMILES string of the molecule is c1ccc(-c2nc(-c3ccc(-c4ccc(-c5ccc(-c6cccc(-c7nc(-c8ccccc8)nc(-c8ccc9c(c8)oc8cccc(-c%10ccccc%10)c89)n7)c6)cc5)cc4)cc3)nc(-c3ccc4c(c3)oc3cccc(-c5ccccc5)c34)n2)cc1. The third-order valence-electron chi connectivity index (χ3n) is 16.0. The number of aromatic nitrogens is 6. The van der Waals surface area contributed by atoms with Gasteiger partial charge in [0.1, 0.15) is 22.3 Å². The van der Waals surface area contributed by atoms with Gasteiger partial charge in [0.15, 0.2) is 34.9 Å². The van der Waals surface area contributed by atoms with Crippen molar-refractivity contribution in [3.05, 3.63) is 291 Å². The monoisotopic (exact) mass is 1100 g/mol. The quantitative estimate of drug-likeness (QED) is 0.126. The summed E-state index contributed by atoms with van der Waals surface area (Å²) in [6.45, 7) is 0. The minimum absolute atomic E-state index is 0.566. The van der Waals surface area contributed by atoms with Crippen LogP contribution in [0.1, 0.15) is 0 Å². The number of hydrogen-bond acceptors (Lipinski definition) is 8. The van der Waals surface area contributed by atoms with Gasteiger partial charge in [0.25, 0.3) is 0 Å². The van der Waals surface area contributed by atoms with Gasteiger partial charge >= 0.3 is 0 Å². The lowest BCUT2D eigenvalue weighted by molar-refractivity contribution is 0.668. The number of furan rings is 2. The highest BCUT2D eigenvalue weighted by Crippen LogP contribution is 2.41. The van der Waals surface area contributed by atoms with Crippen molar-refractivity contribution >= 4 is 43.9 Å². The predicted octanol–water partition coefficient (Wildman–Crippen LogP) is 20.2. The number of nitrogens with zero attached hydrogens (tertiary/aromatic N) is 6. The van der Waals surface area contributed by atoms with Gasteiger partial charge in [0.2, 0.25) is 0 Å². The molecule has 0 amide bonds. The summed E-state index contributed by atoms with van der Waals surface area (Å²) in [5, 5.41) is 4.26. The largest absolute Gasteiger partial charge is 0.456 e. The number of hydrogen-bond donors (Lipinski definition) is 0. The van der Waals surface area contributed by atoms with Gasteiger partial charge in [0.05, 0.1) is 0 Å². The lowest BCUT2D eigenvalue weighted by Gasteiger charge is -2.10. The molecule has 0 unspecified atom stereocenters. The average molecular weight is 1100 g/mol. The van der Waals surface area contributed by atoms with Gasteiger partial charge in [-0.15, -0.1) is 0 Å². The van der Waals surface area contributed by atoms with E-state index in [2.05, 4.69) is 182 Å². The fraction of sp³-hybridized carbons (Fsp3) is 0. The first-order chi connectivity index (χ1) is 42.6. The zero-order valence-electron chi connectivity index (χ0n) is 46.2. The van der Waals surface area contributed by atoms with Crippen LogP contribution < -0.4 is 0 Å². The molecular weight excluding hydrogens is 1050 g/mol. The van der Waals surface area contributed by atoms with Gasteiger partial charge in [-0.05, 0) is 98.1 Å². The normalized spacial score (nSPS) is 11.5. The summed E-state index contributed by atoms with van der Waals surface area (Å²) in [4.78, 5) is 30.4. The standard InChI is InChI=1S/C78H48N6O2/c1-5-16-54(17-6-1)63-26-14-28-67-71(63)65-44-42-61(47-69(65)85-67)77-81-73(56-20-9-3-10-21-56)79-75(83-77)58-40-38-52(39-41-58)50-32-30-49(31-33-50)51-34-36-53(37-35-51)59-24-13-25-60(46-59)76-80-74(57-22-11-4-12-23-57)82-78(84-76)62-43-45-66-70(48-62)86-68-29-15-27-64(72(66)68)55-18-7-2-8-19-55/h1-48H. The summed E-state index contributed by atoms with van der Waals surface area (Å²) >= 11 is 0. The van der Waals surface area contributed by atoms with Crippen LogP contribution >= 0.6 is 0 Å². The first-order valence-electron chi connectivity index (χ1n) is 28.6. The van der Waals surface area contributed by atoms with Crippen molar-refractivity contribution in [2.45, 2.75) is 0 Å². The van der Waals surface area contributed by atoms with Crippen molar-refractivity contribution in [3.63, 3.8) is 0 Å². The maximum absolute atomic E-state index is 6.52. The molecule has 86 heavy (non-hydrogen) atoms. The van der Waals surface area contributed by atoms with Crippen LogP contribution in [0, 0.1) is 0 Å². The molecule has 8 heteroatoms. The van der Waals surface area contributed by atoms with Gasteiger partial charge in [-0.3, -0.25) is 0 Å². The molecule has 0 atom stereocenters. The molecule has 402 valence electrons. The van der Waals surface area contributed by atoms with E-state index in [1.165, 1.54) is 0 Å². The van der Waals surface area contributed by atoms with Crippen molar-refractivity contribution in [2.24, 2.45) is 0 Å². The molecule has 0 bridgehead atoms. The van der Waals surface area contributed by atoms with E-state index < -0.39 is 0 Å². The maximum atomic E-state index is 6.52. The Balaban J connectivity index is 0.659. The predicted molar refractivity (Wildman–Crippen MR) is 348 cm³/mol. The van der Waals surface area contributed by atoms with Crippen LogP contribution in [-0.2, 0) is 0 Å². The second-order valence-corrected chi connectivity index (χ2v) is 21.4. The zero-order chi connectivity index (χ0) is 56.9. The minimum Gasteiger partial charge on any atom is -0.456 e. The van der Waals surface area contributed by atoms with Crippen molar-refractivity contribution in [3.8, 4) is 124 Å². The molecule has 0 aliphatic rings. The molecular formula is C78H48N6O2. The highest BCUT2D eigenvalue weighted by atomic mass is 16.3. The molecule has 0 aliphatic carbocycles. The van der Waals surface area contributed by atoms with Gasteiger partial charge in [-0.1, -0.05) is 249 Å². The Bertz CT molecular complexity index is 5180. The van der Waals surface area contributed by atoms with Crippen LogP contribution in [0.3, 0.4) is 0 Å². The molecule has 16 rings (SSSR count). The average Bonchev–Trinajstić information content (AvgIpc) is 2.70. The van der Waals surface area contributed by atoms with Crippen LogP contribution in [0.5, 0.6) is 0 Å². The van der Waals surface area contributed by atoms with Gasteiger partial charge in [-0.25, -0.2) is 29.9 Å². The van der Waals surface area contributed by atoms with Gasteiger partial charge in [0, 0.05) is 54.9 Å². The maximum Gasteiger partial charge on any atom is 0.164 e. The molecule has 0 saturated carbocycles. The Morgan fingerprint density at radius 3 is 0.826 bits per heavy atom. The van der Waals surface area contributed by atoms with Crippen LogP contribution in [0.4, 0.5) is 0 Å². The van der Waals surface area contributed by atoms with Crippen molar-refractivity contribution in [2.75, 3.05) is 0 Å². The van der Waals surface area contributed by atoms with Gasteiger partial charge < -0.3 is 8.83 Å². The Labute approximate surface area is 495 Å². The highest BCUT2D eigenvalue weighted by Gasteiger charge is 2.20. The first kappa shape index (κ1) is 50.0. The molecule has 4 heterocycles. The smallest absolute Gasteiger partial charge is 0.164 e. The molecule has 0 radical (unpaired) electrons. The van der Waals surface area contributed by atoms with Crippen molar-refractivity contribution in [1.29, 1.82) is 0 Å². The number of fused-ring (bicyclic) bond motifs is 6. The topological polar surface area (TPSA) is 104 Å². The molecule has 0 spiro atoms. The van der Waals surface area contributed by atoms with E-state index in [1.807, 2.05) is 109 Å². The fourth-order valence-electron chi connectivity index (χ4n) is 11.7. The third-order valence-corrected chi connectivity index (χ3v) is 16.0. The van der Waals surface area contributed by atoms with Crippen LogP contribution in [0.25, 0.3) is 168 Å². The zero-order valence-corrected chi connectivity index (χ0v) is 46.2. The Morgan fingerprint density at radius 2 is 0.442 bits per heavy atom. The van der Waals surface area contributed by atoms with Crippen LogP contribution in [0.15, 0.2) is 300 Å². The summed E-state index contributed by atoms with van der Waals surface area (Å²) in [5.41, 5.74) is 19.6. The van der Waals surface area contributed by atoms with E-state index >= 15 is 0 Å². The summed E-state index contributed by atoms with van der Waals surface area (Å²) < 4.78 is 13.0. The van der Waals surface area contributed by atoms with Gasteiger partial charge in [-0.2, -0.15) is 0 Å². The van der Waals surface area contributed by atoms with E-state index in [1.54, 1.807) is 0 Å². The number of benzene rings is 12. The Morgan fingerprint density at radius 1 is 0.174 bits per heavy atom. The molecule has 12 aromatic carbocycles. The highest BCUT2D eigenvalue weighted by molar-refractivity contribution is 6.14. The Hall–Kier alpha value is -11.7. The van der Waals surface area contributed by atoms with Crippen LogP contribution in [0.2, 0.25) is 0 Å². The molecule has 0 saturated heterocycles. The van der Waals surface area contributed by atoms with E-state index in [0.29, 0.717) is 34.9 Å². The molecule has 8 nitrogen and oxygen atoms in total. The van der Waals surface area contributed by atoms with E-state index in [4.69, 9.17) is 38.7 Å².